The Bertz CT molecular complexity index is 671. The number of hydrogen-bond donors (Lipinski definition) is 1. The summed E-state index contributed by atoms with van der Waals surface area (Å²) in [5, 5.41) is 9.17. The molecule has 110 valence electrons. The average Bonchev–Trinajstić information content (AvgIpc) is 2.45. The standard InChI is InChI=1S/C15H17N5.ClH/c1-10-6-12(17)9-20(8-10)13-3-2-11(7-16)14-15(13)19-5-4-18-14;/h2-5,10,12H,6,8-9,17H2,1H3;1H/t10-,12+;/m1./s1. The molecule has 0 unspecified atom stereocenters. The van der Waals surface area contributed by atoms with Crippen molar-refractivity contribution in [3.63, 3.8) is 0 Å². The van der Waals surface area contributed by atoms with Crippen molar-refractivity contribution in [1.82, 2.24) is 9.97 Å². The number of halogens is 1. The zero-order valence-corrected chi connectivity index (χ0v) is 12.7. The lowest BCUT2D eigenvalue weighted by Crippen LogP contribution is -2.46. The molecule has 1 aliphatic heterocycles. The highest BCUT2D eigenvalue weighted by molar-refractivity contribution is 5.92. The molecule has 6 heteroatoms. The molecule has 1 fully saturated rings. The van der Waals surface area contributed by atoms with Gasteiger partial charge in [-0.15, -0.1) is 12.4 Å². The van der Waals surface area contributed by atoms with Crippen molar-refractivity contribution in [2.24, 2.45) is 11.7 Å². The molecule has 1 aromatic heterocycles. The number of nitriles is 1. The van der Waals surface area contributed by atoms with E-state index in [0.717, 1.165) is 30.7 Å². The van der Waals surface area contributed by atoms with Crippen molar-refractivity contribution in [3.8, 4) is 6.07 Å². The Morgan fingerprint density at radius 3 is 2.62 bits per heavy atom. The van der Waals surface area contributed by atoms with Gasteiger partial charge in [-0.25, -0.2) is 0 Å². The lowest BCUT2D eigenvalue weighted by molar-refractivity contribution is 0.402. The third kappa shape index (κ3) is 2.92. The molecule has 2 atom stereocenters. The monoisotopic (exact) mass is 303 g/mol. The molecule has 1 saturated heterocycles. The molecule has 0 radical (unpaired) electrons. The second-order valence-electron chi connectivity index (χ2n) is 5.50. The van der Waals surface area contributed by atoms with Gasteiger partial charge in [-0.3, -0.25) is 9.97 Å². The van der Waals surface area contributed by atoms with E-state index in [2.05, 4.69) is 27.9 Å². The van der Waals surface area contributed by atoms with E-state index in [9.17, 15) is 0 Å². The lowest BCUT2D eigenvalue weighted by Gasteiger charge is -2.36. The number of rotatable bonds is 1. The predicted molar refractivity (Wildman–Crippen MR) is 85.5 cm³/mol. The van der Waals surface area contributed by atoms with Crippen molar-refractivity contribution < 1.29 is 0 Å². The van der Waals surface area contributed by atoms with Gasteiger partial charge in [0, 0.05) is 31.5 Å². The van der Waals surface area contributed by atoms with Crippen LogP contribution in [0.1, 0.15) is 18.9 Å². The normalized spacial score (nSPS) is 21.7. The highest BCUT2D eigenvalue weighted by Crippen LogP contribution is 2.29. The SMILES string of the molecule is C[C@@H]1C[C@H](N)CN(c2ccc(C#N)c3nccnc23)C1.Cl. The van der Waals surface area contributed by atoms with E-state index >= 15 is 0 Å². The van der Waals surface area contributed by atoms with Gasteiger partial charge < -0.3 is 10.6 Å². The summed E-state index contributed by atoms with van der Waals surface area (Å²) in [4.78, 5) is 11.0. The summed E-state index contributed by atoms with van der Waals surface area (Å²) >= 11 is 0. The third-order valence-electron chi connectivity index (χ3n) is 3.76. The first-order chi connectivity index (χ1) is 9.69. The number of aromatic nitrogens is 2. The topological polar surface area (TPSA) is 78.8 Å². The van der Waals surface area contributed by atoms with Gasteiger partial charge in [-0.1, -0.05) is 6.92 Å². The predicted octanol–water partition coefficient (Wildman–Crippen LogP) is 2.10. The summed E-state index contributed by atoms with van der Waals surface area (Å²) in [5.74, 6) is 0.557. The first-order valence-electron chi connectivity index (χ1n) is 6.83. The molecule has 2 heterocycles. The number of benzene rings is 1. The van der Waals surface area contributed by atoms with Crippen LogP contribution in [-0.4, -0.2) is 29.1 Å². The van der Waals surface area contributed by atoms with Crippen LogP contribution < -0.4 is 10.6 Å². The van der Waals surface area contributed by atoms with Gasteiger partial charge >= 0.3 is 0 Å². The van der Waals surface area contributed by atoms with E-state index in [1.54, 1.807) is 12.4 Å². The van der Waals surface area contributed by atoms with Crippen LogP contribution in [0.25, 0.3) is 11.0 Å². The van der Waals surface area contributed by atoms with Crippen LogP contribution in [0.5, 0.6) is 0 Å². The Morgan fingerprint density at radius 1 is 1.24 bits per heavy atom. The fourth-order valence-corrected chi connectivity index (χ4v) is 2.98. The Kier molecular flexibility index (Phi) is 4.61. The third-order valence-corrected chi connectivity index (χ3v) is 3.76. The van der Waals surface area contributed by atoms with E-state index in [1.807, 2.05) is 12.1 Å². The Hall–Kier alpha value is -1.90. The number of fused-ring (bicyclic) bond motifs is 1. The number of nitrogens with zero attached hydrogens (tertiary/aromatic N) is 4. The van der Waals surface area contributed by atoms with Gasteiger partial charge in [0.2, 0.25) is 0 Å². The average molecular weight is 304 g/mol. The number of anilines is 1. The van der Waals surface area contributed by atoms with Crippen molar-refractivity contribution >= 4 is 29.1 Å². The smallest absolute Gasteiger partial charge is 0.113 e. The van der Waals surface area contributed by atoms with E-state index in [1.165, 1.54) is 0 Å². The molecule has 0 saturated carbocycles. The molecule has 2 N–H and O–H groups in total. The molecule has 0 aliphatic carbocycles. The molecule has 0 amide bonds. The number of nitrogens with two attached hydrogens (primary N) is 1. The molecule has 0 spiro atoms. The van der Waals surface area contributed by atoms with Crippen molar-refractivity contribution in [3.05, 3.63) is 30.1 Å². The van der Waals surface area contributed by atoms with Crippen LogP contribution in [0.4, 0.5) is 5.69 Å². The van der Waals surface area contributed by atoms with Crippen molar-refractivity contribution in [2.45, 2.75) is 19.4 Å². The van der Waals surface area contributed by atoms with Gasteiger partial charge in [0.25, 0.3) is 0 Å². The first-order valence-corrected chi connectivity index (χ1v) is 6.83. The molecule has 0 bridgehead atoms. The lowest BCUT2D eigenvalue weighted by atomic mass is 9.96. The van der Waals surface area contributed by atoms with Crippen LogP contribution in [0, 0.1) is 17.2 Å². The maximum atomic E-state index is 9.17. The minimum absolute atomic E-state index is 0. The van der Waals surface area contributed by atoms with Gasteiger partial charge in [-0.05, 0) is 24.5 Å². The van der Waals surface area contributed by atoms with E-state index in [-0.39, 0.29) is 18.4 Å². The summed E-state index contributed by atoms with van der Waals surface area (Å²) < 4.78 is 0. The second-order valence-corrected chi connectivity index (χ2v) is 5.50. The summed E-state index contributed by atoms with van der Waals surface area (Å²) in [5.41, 5.74) is 9.16. The van der Waals surface area contributed by atoms with Crippen molar-refractivity contribution in [2.75, 3.05) is 18.0 Å². The van der Waals surface area contributed by atoms with Gasteiger partial charge in [0.05, 0.1) is 11.3 Å². The van der Waals surface area contributed by atoms with E-state index in [4.69, 9.17) is 11.0 Å². The maximum absolute atomic E-state index is 9.17. The van der Waals surface area contributed by atoms with Crippen LogP contribution in [0.3, 0.4) is 0 Å². The van der Waals surface area contributed by atoms with Crippen molar-refractivity contribution in [1.29, 1.82) is 5.26 Å². The summed E-state index contributed by atoms with van der Waals surface area (Å²) in [6.07, 6.45) is 4.34. The molecule has 3 rings (SSSR count). The highest BCUT2D eigenvalue weighted by atomic mass is 35.5. The van der Waals surface area contributed by atoms with Gasteiger partial charge in [0.15, 0.2) is 0 Å². The van der Waals surface area contributed by atoms with E-state index in [0.29, 0.717) is 17.0 Å². The summed E-state index contributed by atoms with van der Waals surface area (Å²) in [6, 6.07) is 6.13. The summed E-state index contributed by atoms with van der Waals surface area (Å²) in [6.45, 7) is 4.00. The first kappa shape index (κ1) is 15.5. The molecule has 21 heavy (non-hydrogen) atoms. The largest absolute Gasteiger partial charge is 0.368 e. The van der Waals surface area contributed by atoms with Crippen LogP contribution in [0.15, 0.2) is 24.5 Å². The molecule has 2 aromatic rings. The summed E-state index contributed by atoms with van der Waals surface area (Å²) in [7, 11) is 0. The zero-order chi connectivity index (χ0) is 14.1. The van der Waals surface area contributed by atoms with Crippen LogP contribution in [-0.2, 0) is 0 Å². The van der Waals surface area contributed by atoms with Crippen LogP contribution >= 0.6 is 12.4 Å². The molecule has 1 aliphatic rings. The zero-order valence-electron chi connectivity index (χ0n) is 11.9. The minimum Gasteiger partial charge on any atom is -0.368 e. The fourth-order valence-electron chi connectivity index (χ4n) is 2.98. The number of piperidine rings is 1. The molecule has 1 aromatic carbocycles. The quantitative estimate of drug-likeness (QED) is 0.872. The Labute approximate surface area is 130 Å². The second kappa shape index (κ2) is 6.25. The fraction of sp³-hybridized carbons (Fsp3) is 0.400. The Balaban J connectivity index is 0.00000161. The minimum atomic E-state index is 0. The van der Waals surface area contributed by atoms with Gasteiger partial charge in [-0.2, -0.15) is 5.26 Å². The van der Waals surface area contributed by atoms with E-state index < -0.39 is 0 Å². The molecule has 5 nitrogen and oxygen atoms in total. The van der Waals surface area contributed by atoms with Gasteiger partial charge in [0.1, 0.15) is 17.1 Å². The highest BCUT2D eigenvalue weighted by Gasteiger charge is 2.24. The molecular weight excluding hydrogens is 286 g/mol. The molecular formula is C15H18ClN5. The van der Waals surface area contributed by atoms with Crippen LogP contribution in [0.2, 0.25) is 0 Å². The number of hydrogen-bond acceptors (Lipinski definition) is 5. The Morgan fingerprint density at radius 2 is 1.95 bits per heavy atom. The maximum Gasteiger partial charge on any atom is 0.113 e.